The van der Waals surface area contributed by atoms with E-state index in [-0.39, 0.29) is 17.4 Å². The molecule has 0 bridgehead atoms. The highest BCUT2D eigenvalue weighted by Gasteiger charge is 2.36. The molecule has 0 saturated carbocycles. The molecule has 2 heterocycles. The van der Waals surface area contributed by atoms with Gasteiger partial charge in [0, 0.05) is 19.0 Å². The molecule has 0 atom stereocenters. The monoisotopic (exact) mass is 339 g/mol. The van der Waals surface area contributed by atoms with Crippen LogP contribution >= 0.6 is 0 Å². The molecule has 0 unspecified atom stereocenters. The van der Waals surface area contributed by atoms with Gasteiger partial charge in [-0.3, -0.25) is 9.89 Å². The quantitative estimate of drug-likeness (QED) is 0.879. The number of piperidine rings is 1. The Morgan fingerprint density at radius 1 is 1.25 bits per heavy atom. The minimum atomic E-state index is -4.55. The molecule has 1 aromatic heterocycles. The van der Waals surface area contributed by atoms with E-state index in [1.807, 2.05) is 0 Å². The number of H-pyrrole nitrogens is 1. The van der Waals surface area contributed by atoms with Crippen LogP contribution in [0.25, 0.3) is 0 Å². The van der Waals surface area contributed by atoms with Crippen molar-refractivity contribution in [3.8, 4) is 0 Å². The maximum atomic E-state index is 13.1. The van der Waals surface area contributed by atoms with Gasteiger partial charge >= 0.3 is 6.18 Å². The Labute approximate surface area is 135 Å². The van der Waals surface area contributed by atoms with E-state index in [2.05, 4.69) is 15.2 Å². The molecule has 2 aromatic rings. The van der Waals surface area contributed by atoms with Gasteiger partial charge in [-0.15, -0.1) is 5.10 Å². The number of hydrogen-bond donors (Lipinski definition) is 2. The van der Waals surface area contributed by atoms with Gasteiger partial charge in [-0.05, 0) is 25.0 Å². The number of benzene rings is 1. The van der Waals surface area contributed by atoms with E-state index in [1.54, 1.807) is 0 Å². The average Bonchev–Trinajstić information content (AvgIpc) is 3.00. The Kier molecular flexibility index (Phi) is 4.16. The summed E-state index contributed by atoms with van der Waals surface area (Å²) in [6.07, 6.45) is -3.37. The molecule has 1 saturated heterocycles. The number of rotatable bonds is 2. The van der Waals surface area contributed by atoms with Crippen LogP contribution < -0.4 is 5.73 Å². The fourth-order valence-corrected chi connectivity index (χ4v) is 2.91. The highest BCUT2D eigenvalue weighted by atomic mass is 19.4. The molecule has 128 valence electrons. The molecule has 6 nitrogen and oxygen atoms in total. The fourth-order valence-electron chi connectivity index (χ4n) is 2.91. The number of alkyl halides is 3. The van der Waals surface area contributed by atoms with Crippen molar-refractivity contribution in [2.75, 3.05) is 18.8 Å². The van der Waals surface area contributed by atoms with Gasteiger partial charge in [-0.1, -0.05) is 12.1 Å². The standard InChI is InChI=1S/C15H16F3N5O/c16-15(17,18)11-4-2-1-3-10(11)13(24)23-7-5-9(6-8-23)12-20-14(19)22-21-12/h1-4,9H,5-8H2,(H3,19,20,21,22). The average molecular weight is 339 g/mol. The first-order chi connectivity index (χ1) is 11.4. The number of nitrogens with one attached hydrogen (secondary N) is 1. The Bertz CT molecular complexity index is 735. The van der Waals surface area contributed by atoms with E-state index < -0.39 is 17.6 Å². The van der Waals surface area contributed by atoms with Crippen LogP contribution in [-0.4, -0.2) is 39.1 Å². The lowest BCUT2D eigenvalue weighted by Crippen LogP contribution is -2.39. The molecule has 0 spiro atoms. The minimum absolute atomic E-state index is 0.0664. The van der Waals surface area contributed by atoms with Crippen molar-refractivity contribution in [3.63, 3.8) is 0 Å². The third-order valence-electron chi connectivity index (χ3n) is 4.15. The van der Waals surface area contributed by atoms with Crippen LogP contribution in [0.15, 0.2) is 24.3 Å². The van der Waals surface area contributed by atoms with Gasteiger partial charge in [-0.25, -0.2) is 0 Å². The van der Waals surface area contributed by atoms with E-state index in [1.165, 1.54) is 23.1 Å². The Balaban J connectivity index is 1.72. The van der Waals surface area contributed by atoms with Crippen molar-refractivity contribution in [1.82, 2.24) is 20.1 Å². The minimum Gasteiger partial charge on any atom is -0.367 e. The summed E-state index contributed by atoms with van der Waals surface area (Å²) in [4.78, 5) is 18.0. The zero-order valence-corrected chi connectivity index (χ0v) is 12.7. The second kappa shape index (κ2) is 6.14. The van der Waals surface area contributed by atoms with Crippen LogP contribution in [0.4, 0.5) is 19.1 Å². The van der Waals surface area contributed by atoms with Gasteiger partial charge in [0.2, 0.25) is 5.95 Å². The number of likely N-dealkylation sites (tertiary alicyclic amines) is 1. The normalized spacial score (nSPS) is 16.4. The number of halogens is 3. The number of nitrogens with zero attached hydrogens (tertiary/aromatic N) is 3. The second-order valence-corrected chi connectivity index (χ2v) is 5.69. The zero-order chi connectivity index (χ0) is 17.3. The summed E-state index contributed by atoms with van der Waals surface area (Å²) >= 11 is 0. The van der Waals surface area contributed by atoms with Crippen LogP contribution in [-0.2, 0) is 6.18 Å². The lowest BCUT2D eigenvalue weighted by atomic mass is 9.95. The number of carbonyl (C=O) groups is 1. The smallest absolute Gasteiger partial charge is 0.367 e. The summed E-state index contributed by atoms with van der Waals surface area (Å²) < 4.78 is 39.2. The number of aromatic amines is 1. The summed E-state index contributed by atoms with van der Waals surface area (Å²) in [5.41, 5.74) is 4.25. The first-order valence-corrected chi connectivity index (χ1v) is 7.49. The fraction of sp³-hybridized carbons (Fsp3) is 0.400. The first-order valence-electron chi connectivity index (χ1n) is 7.49. The number of aromatic nitrogens is 3. The molecule has 1 aromatic carbocycles. The molecule has 24 heavy (non-hydrogen) atoms. The predicted molar refractivity (Wildman–Crippen MR) is 80.1 cm³/mol. The molecule has 3 N–H and O–H groups in total. The summed E-state index contributed by atoms with van der Waals surface area (Å²) in [6.45, 7) is 0.715. The lowest BCUT2D eigenvalue weighted by molar-refractivity contribution is -0.138. The lowest BCUT2D eigenvalue weighted by Gasteiger charge is -2.31. The molecule has 1 aliphatic rings. The summed E-state index contributed by atoms with van der Waals surface area (Å²) in [5, 5.41) is 6.51. The SMILES string of the molecule is Nc1n[nH]c(C2CCN(C(=O)c3ccccc3C(F)(F)F)CC2)n1. The number of nitrogen functional groups attached to an aromatic ring is 1. The summed E-state index contributed by atoms with van der Waals surface area (Å²) in [6, 6.07) is 4.86. The van der Waals surface area contributed by atoms with Crippen molar-refractivity contribution in [3.05, 3.63) is 41.2 Å². The molecule has 0 radical (unpaired) electrons. The Morgan fingerprint density at radius 3 is 2.50 bits per heavy atom. The first kappa shape index (κ1) is 16.3. The number of amides is 1. The van der Waals surface area contributed by atoms with Gasteiger partial charge in [0.25, 0.3) is 5.91 Å². The predicted octanol–water partition coefficient (Wildman–Crippen LogP) is 2.43. The topological polar surface area (TPSA) is 87.9 Å². The molecular formula is C15H16F3N5O. The van der Waals surface area contributed by atoms with Gasteiger partial charge in [0.05, 0.1) is 11.1 Å². The van der Waals surface area contributed by atoms with Crippen molar-refractivity contribution in [2.24, 2.45) is 0 Å². The molecule has 1 amide bonds. The third kappa shape index (κ3) is 3.19. The molecule has 0 aliphatic carbocycles. The molecule has 9 heteroatoms. The van der Waals surface area contributed by atoms with Crippen molar-refractivity contribution >= 4 is 11.9 Å². The Hall–Kier alpha value is -2.58. The van der Waals surface area contributed by atoms with Crippen LogP contribution in [0.2, 0.25) is 0 Å². The summed E-state index contributed by atoms with van der Waals surface area (Å²) in [7, 11) is 0. The molecule has 1 fully saturated rings. The van der Waals surface area contributed by atoms with E-state index in [4.69, 9.17) is 5.73 Å². The zero-order valence-electron chi connectivity index (χ0n) is 12.7. The maximum Gasteiger partial charge on any atom is 0.417 e. The van der Waals surface area contributed by atoms with E-state index in [0.717, 1.165) is 6.07 Å². The highest BCUT2D eigenvalue weighted by molar-refractivity contribution is 5.96. The maximum absolute atomic E-state index is 13.1. The van der Waals surface area contributed by atoms with E-state index >= 15 is 0 Å². The molecule has 1 aliphatic heterocycles. The van der Waals surface area contributed by atoms with E-state index in [0.29, 0.717) is 31.8 Å². The van der Waals surface area contributed by atoms with Gasteiger partial charge < -0.3 is 10.6 Å². The van der Waals surface area contributed by atoms with Crippen molar-refractivity contribution < 1.29 is 18.0 Å². The van der Waals surface area contributed by atoms with Gasteiger partial charge in [0.1, 0.15) is 5.82 Å². The second-order valence-electron chi connectivity index (χ2n) is 5.69. The number of nitrogens with two attached hydrogens (primary N) is 1. The number of anilines is 1. The number of carbonyl (C=O) groups excluding carboxylic acids is 1. The highest BCUT2D eigenvalue weighted by Crippen LogP contribution is 2.33. The van der Waals surface area contributed by atoms with Gasteiger partial charge in [-0.2, -0.15) is 18.2 Å². The summed E-state index contributed by atoms with van der Waals surface area (Å²) in [5.74, 6) is 0.271. The molecular weight excluding hydrogens is 323 g/mol. The van der Waals surface area contributed by atoms with Crippen molar-refractivity contribution in [2.45, 2.75) is 24.9 Å². The van der Waals surface area contributed by atoms with Crippen LogP contribution in [0.5, 0.6) is 0 Å². The largest absolute Gasteiger partial charge is 0.417 e. The van der Waals surface area contributed by atoms with Crippen LogP contribution in [0.3, 0.4) is 0 Å². The van der Waals surface area contributed by atoms with E-state index in [9.17, 15) is 18.0 Å². The van der Waals surface area contributed by atoms with Gasteiger partial charge in [0.15, 0.2) is 0 Å². The molecule has 3 rings (SSSR count). The number of hydrogen-bond acceptors (Lipinski definition) is 4. The van der Waals surface area contributed by atoms with Crippen LogP contribution in [0, 0.1) is 0 Å². The van der Waals surface area contributed by atoms with Crippen LogP contribution in [0.1, 0.15) is 40.5 Å². The Morgan fingerprint density at radius 2 is 1.92 bits per heavy atom. The van der Waals surface area contributed by atoms with Crippen molar-refractivity contribution in [1.29, 1.82) is 0 Å². The third-order valence-corrected chi connectivity index (χ3v) is 4.15.